The summed E-state index contributed by atoms with van der Waals surface area (Å²) >= 11 is 24.2. The van der Waals surface area contributed by atoms with E-state index < -0.39 is 0 Å². The molecule has 140 valence electrons. The van der Waals surface area contributed by atoms with Gasteiger partial charge in [0.2, 0.25) is 0 Å². The predicted molar refractivity (Wildman–Crippen MR) is 115 cm³/mol. The molecule has 1 atom stereocenters. The van der Waals surface area contributed by atoms with Crippen LogP contribution in [-0.4, -0.2) is 25.4 Å². The van der Waals surface area contributed by atoms with Gasteiger partial charge in [0.15, 0.2) is 5.78 Å². The van der Waals surface area contributed by atoms with Crippen molar-refractivity contribution in [2.75, 3.05) is 19.6 Å². The molecule has 1 saturated heterocycles. The molecule has 1 N–H and O–H groups in total. The van der Waals surface area contributed by atoms with Gasteiger partial charge in [-0.1, -0.05) is 58.5 Å². The maximum Gasteiger partial charge on any atom is 0.196 e. The molecule has 0 saturated carbocycles. The Morgan fingerprint density at radius 3 is 1.63 bits per heavy atom. The fourth-order valence-corrected chi connectivity index (χ4v) is 3.67. The summed E-state index contributed by atoms with van der Waals surface area (Å²) in [6.45, 7) is 4.38. The molecule has 0 spiro atoms. The summed E-state index contributed by atoms with van der Waals surface area (Å²) in [5.41, 5.74) is 3.23. The van der Waals surface area contributed by atoms with Crippen LogP contribution in [0.3, 0.4) is 0 Å². The second kappa shape index (κ2) is 8.81. The second-order valence-corrected chi connectivity index (χ2v) is 8.10. The first-order valence-electron chi connectivity index (χ1n) is 8.57. The number of piperidine rings is 1. The van der Waals surface area contributed by atoms with Crippen molar-refractivity contribution < 1.29 is 9.69 Å². The topological polar surface area (TPSA) is 21.5 Å². The molecule has 6 heteroatoms. The number of carbonyl (C=O) groups excluding carboxylic acids is 1. The predicted octanol–water partition coefficient (Wildman–Crippen LogP) is 5.25. The highest BCUT2D eigenvalue weighted by Crippen LogP contribution is 2.26. The van der Waals surface area contributed by atoms with E-state index in [1.54, 1.807) is 24.3 Å². The molecule has 1 fully saturated rings. The maximum absolute atomic E-state index is 13.0. The van der Waals surface area contributed by atoms with Crippen molar-refractivity contribution in [3.63, 3.8) is 0 Å². The minimum absolute atomic E-state index is 0.0457. The Kier molecular flexibility index (Phi) is 6.67. The van der Waals surface area contributed by atoms with Gasteiger partial charge in [-0.25, -0.2) is 0 Å². The number of ketones is 1. The van der Waals surface area contributed by atoms with E-state index in [0.717, 1.165) is 28.8 Å². The molecule has 2 nitrogen and oxygen atoms in total. The first kappa shape index (κ1) is 20.4. The van der Waals surface area contributed by atoms with Gasteiger partial charge in [-0.05, 0) is 54.5 Å². The smallest absolute Gasteiger partial charge is 0.196 e. The second-order valence-electron chi connectivity index (χ2n) is 6.47. The number of halogens is 4. The van der Waals surface area contributed by atoms with Crippen LogP contribution >= 0.6 is 46.4 Å². The zero-order chi connectivity index (χ0) is 19.6. The molecular formula is C21H18Cl4NO+. The van der Waals surface area contributed by atoms with Gasteiger partial charge >= 0.3 is 0 Å². The number of likely N-dealkylation sites (N-methyl/N-ethyl adjacent to an activating group) is 1. The van der Waals surface area contributed by atoms with Crippen LogP contribution in [0.15, 0.2) is 47.5 Å². The molecule has 2 aromatic rings. The van der Waals surface area contributed by atoms with Crippen LogP contribution in [0.2, 0.25) is 20.1 Å². The number of Topliss-reactive ketones (excluding diaryl/α,β-unsaturated/α-hetero) is 1. The first-order chi connectivity index (χ1) is 12.9. The minimum atomic E-state index is 0.0457. The van der Waals surface area contributed by atoms with Gasteiger partial charge in [0.1, 0.15) is 13.1 Å². The zero-order valence-electron chi connectivity index (χ0n) is 14.7. The molecule has 1 unspecified atom stereocenters. The molecule has 1 aliphatic heterocycles. The summed E-state index contributed by atoms with van der Waals surface area (Å²) < 4.78 is 0. The third-order valence-corrected chi connectivity index (χ3v) is 6.01. The number of rotatable bonds is 3. The molecule has 0 amide bonds. The van der Waals surface area contributed by atoms with Gasteiger partial charge in [0.05, 0.1) is 37.8 Å². The lowest BCUT2D eigenvalue weighted by Gasteiger charge is -2.25. The lowest BCUT2D eigenvalue weighted by atomic mass is 9.94. The van der Waals surface area contributed by atoms with E-state index in [2.05, 4.69) is 6.92 Å². The zero-order valence-corrected chi connectivity index (χ0v) is 17.7. The normalized spacial score (nSPS) is 20.5. The van der Waals surface area contributed by atoms with Gasteiger partial charge in [0.25, 0.3) is 0 Å². The third-order valence-electron chi connectivity index (χ3n) is 4.53. The number of carbonyl (C=O) groups is 1. The number of nitrogens with one attached hydrogen (secondary N) is 1. The van der Waals surface area contributed by atoms with E-state index in [9.17, 15) is 4.79 Å². The summed E-state index contributed by atoms with van der Waals surface area (Å²) in [7, 11) is 0. The van der Waals surface area contributed by atoms with E-state index in [1.807, 2.05) is 24.3 Å². The van der Waals surface area contributed by atoms with Crippen molar-refractivity contribution in [3.05, 3.63) is 78.8 Å². The fraction of sp³-hybridized carbons (Fsp3) is 0.190. The summed E-state index contributed by atoms with van der Waals surface area (Å²) in [6, 6.07) is 10.7. The van der Waals surface area contributed by atoms with Crippen molar-refractivity contribution in [1.82, 2.24) is 0 Å². The van der Waals surface area contributed by atoms with E-state index in [-0.39, 0.29) is 5.78 Å². The number of benzene rings is 2. The average Bonchev–Trinajstić information content (AvgIpc) is 2.64. The number of quaternary nitrogens is 1. The Hall–Kier alpha value is -1.29. The Bertz CT molecular complexity index is 876. The highest BCUT2D eigenvalue weighted by Gasteiger charge is 2.28. The molecule has 0 radical (unpaired) electrons. The van der Waals surface area contributed by atoms with Crippen molar-refractivity contribution in [3.8, 4) is 0 Å². The molecule has 0 aromatic heterocycles. The molecule has 1 heterocycles. The van der Waals surface area contributed by atoms with E-state index in [4.69, 9.17) is 46.4 Å². The Morgan fingerprint density at radius 2 is 1.26 bits per heavy atom. The largest absolute Gasteiger partial charge is 0.327 e. The Balaban J connectivity index is 1.97. The highest BCUT2D eigenvalue weighted by molar-refractivity contribution is 6.42. The van der Waals surface area contributed by atoms with Crippen LogP contribution in [0.5, 0.6) is 0 Å². The van der Waals surface area contributed by atoms with Gasteiger partial charge in [-0.15, -0.1) is 0 Å². The van der Waals surface area contributed by atoms with Crippen LogP contribution in [0.25, 0.3) is 12.2 Å². The summed E-state index contributed by atoms with van der Waals surface area (Å²) in [5, 5.41) is 1.94. The van der Waals surface area contributed by atoms with E-state index in [0.29, 0.717) is 33.2 Å². The lowest BCUT2D eigenvalue weighted by molar-refractivity contribution is -0.889. The van der Waals surface area contributed by atoms with Crippen molar-refractivity contribution in [2.45, 2.75) is 6.92 Å². The van der Waals surface area contributed by atoms with Crippen molar-refractivity contribution in [2.24, 2.45) is 0 Å². The molecular weight excluding hydrogens is 424 g/mol. The summed E-state index contributed by atoms with van der Waals surface area (Å²) in [6.07, 6.45) is 3.78. The Labute approximate surface area is 179 Å². The molecule has 2 aromatic carbocycles. The number of hydrogen-bond acceptors (Lipinski definition) is 1. The minimum Gasteiger partial charge on any atom is -0.327 e. The number of likely N-dealkylation sites (tertiary alicyclic amines) is 1. The SMILES string of the molecule is CC[NH+]1C/C(=C/c2ccc(Cl)c(Cl)c2)C(=O)/C(=C/c2ccc(Cl)c(Cl)c2)C1. The average molecular weight is 442 g/mol. The first-order valence-corrected chi connectivity index (χ1v) is 10.1. The fourth-order valence-electron chi connectivity index (χ4n) is 3.06. The standard InChI is InChI=1S/C21H17Cl4NO/c1-2-26-11-15(7-13-3-5-17(22)19(24)9-13)21(27)16(12-26)8-14-4-6-18(23)20(25)10-14/h3-10H,2,11-12H2,1H3/p+1/b15-7-,16-8+. The molecule has 1 aliphatic rings. The van der Waals surface area contributed by atoms with E-state index >= 15 is 0 Å². The molecule has 27 heavy (non-hydrogen) atoms. The van der Waals surface area contributed by atoms with E-state index in [1.165, 1.54) is 4.90 Å². The summed E-state index contributed by atoms with van der Waals surface area (Å²) in [5.74, 6) is 0.0457. The third kappa shape index (κ3) is 4.96. The lowest BCUT2D eigenvalue weighted by Crippen LogP contribution is -3.13. The maximum atomic E-state index is 13.0. The van der Waals surface area contributed by atoms with Crippen LogP contribution in [-0.2, 0) is 4.79 Å². The Morgan fingerprint density at radius 1 is 0.815 bits per heavy atom. The quantitative estimate of drug-likeness (QED) is 0.645. The van der Waals surface area contributed by atoms with Crippen LogP contribution < -0.4 is 4.90 Å². The van der Waals surface area contributed by atoms with Crippen LogP contribution in [0.4, 0.5) is 0 Å². The monoisotopic (exact) mass is 440 g/mol. The van der Waals surface area contributed by atoms with Gasteiger partial charge in [0, 0.05) is 0 Å². The van der Waals surface area contributed by atoms with Crippen LogP contribution in [0.1, 0.15) is 18.1 Å². The summed E-state index contributed by atoms with van der Waals surface area (Å²) in [4.78, 5) is 14.3. The molecule has 0 bridgehead atoms. The molecule has 0 aliphatic carbocycles. The van der Waals surface area contributed by atoms with Gasteiger partial charge in [-0.2, -0.15) is 0 Å². The molecule has 3 rings (SSSR count). The van der Waals surface area contributed by atoms with Gasteiger partial charge < -0.3 is 4.90 Å². The highest BCUT2D eigenvalue weighted by atomic mass is 35.5. The van der Waals surface area contributed by atoms with Crippen molar-refractivity contribution >= 4 is 64.3 Å². The number of hydrogen-bond donors (Lipinski definition) is 1. The van der Waals surface area contributed by atoms with Gasteiger partial charge in [-0.3, -0.25) is 4.79 Å². The van der Waals surface area contributed by atoms with Crippen LogP contribution in [0, 0.1) is 0 Å². The van der Waals surface area contributed by atoms with Crippen molar-refractivity contribution in [1.29, 1.82) is 0 Å².